The fourth-order valence-electron chi connectivity index (χ4n) is 3.50. The lowest BCUT2D eigenvalue weighted by molar-refractivity contribution is 0.0728. The number of rotatable bonds is 6. The van der Waals surface area contributed by atoms with E-state index in [4.69, 9.17) is 4.42 Å². The molecule has 1 fully saturated rings. The number of carbonyl (C=O) groups excluding carboxylic acids is 1. The van der Waals surface area contributed by atoms with E-state index in [1.54, 1.807) is 36.0 Å². The smallest absolute Gasteiger partial charge is 0.265 e. The van der Waals surface area contributed by atoms with Crippen LogP contribution in [-0.2, 0) is 23.6 Å². The third-order valence-corrected chi connectivity index (χ3v) is 7.70. The molecule has 0 bridgehead atoms. The van der Waals surface area contributed by atoms with Gasteiger partial charge in [0.25, 0.3) is 5.91 Å². The molecule has 0 unspecified atom stereocenters. The molecule has 1 aliphatic heterocycles. The molecule has 0 saturated carbocycles. The van der Waals surface area contributed by atoms with E-state index in [1.807, 2.05) is 11.8 Å². The minimum Gasteiger partial charge on any atom is -0.468 e. The first-order valence-electron chi connectivity index (χ1n) is 9.80. The molecule has 0 aromatic carbocycles. The minimum atomic E-state index is -3.71. The van der Waals surface area contributed by atoms with Gasteiger partial charge in [-0.2, -0.15) is 0 Å². The zero-order valence-electron chi connectivity index (χ0n) is 16.9. The second-order valence-corrected chi connectivity index (χ2v) is 10.1. The van der Waals surface area contributed by atoms with E-state index in [2.05, 4.69) is 9.71 Å². The number of hydrogen-bond acceptors (Lipinski definition) is 6. The summed E-state index contributed by atoms with van der Waals surface area (Å²) in [5.41, 5.74) is 1.33. The zero-order chi connectivity index (χ0) is 21.3. The lowest BCUT2D eigenvalue weighted by Gasteiger charge is -2.26. The molecule has 160 valence electrons. The van der Waals surface area contributed by atoms with Crippen LogP contribution in [0, 0.1) is 6.92 Å². The average Bonchev–Trinajstić information content (AvgIpc) is 3.47. The first-order valence-corrected chi connectivity index (χ1v) is 12.1. The third-order valence-electron chi connectivity index (χ3n) is 5.16. The minimum absolute atomic E-state index is 0.0121. The first kappa shape index (κ1) is 20.8. The van der Waals surface area contributed by atoms with Crippen molar-refractivity contribution >= 4 is 27.3 Å². The van der Waals surface area contributed by atoms with Crippen molar-refractivity contribution in [2.75, 3.05) is 13.1 Å². The Morgan fingerprint density at radius 1 is 1.30 bits per heavy atom. The highest BCUT2D eigenvalue weighted by Crippen LogP contribution is 2.31. The summed E-state index contributed by atoms with van der Waals surface area (Å²) >= 11 is 1.31. The molecule has 1 saturated heterocycles. The monoisotopic (exact) mass is 448 g/mol. The van der Waals surface area contributed by atoms with E-state index in [-0.39, 0.29) is 17.3 Å². The Morgan fingerprint density at radius 2 is 2.07 bits per heavy atom. The van der Waals surface area contributed by atoms with Crippen molar-refractivity contribution in [2.45, 2.75) is 37.6 Å². The maximum atomic E-state index is 12.9. The van der Waals surface area contributed by atoms with Gasteiger partial charge in [-0.1, -0.05) is 0 Å². The van der Waals surface area contributed by atoms with Crippen LogP contribution in [0.3, 0.4) is 0 Å². The second kappa shape index (κ2) is 8.37. The number of piperidine rings is 1. The van der Waals surface area contributed by atoms with Crippen LogP contribution in [0.4, 0.5) is 0 Å². The topological polar surface area (TPSA) is 97.4 Å². The summed E-state index contributed by atoms with van der Waals surface area (Å²) in [4.78, 5) is 20.1. The number of aryl methyl sites for hydroxylation is 2. The summed E-state index contributed by atoms with van der Waals surface area (Å²) in [6.45, 7) is 3.45. The Kier molecular flexibility index (Phi) is 5.81. The molecule has 4 heterocycles. The standard InChI is InChI=1S/C20H24N4O4S2/c1-14-18(20(25)24-8-4-3-5-9-24)29-19(22-14)17-11-16(13-23(17)2)30(26,27)21-12-15-7-6-10-28-15/h6-7,10-11,13,21H,3-5,8-9,12H2,1-2H3. The number of hydrogen-bond donors (Lipinski definition) is 1. The molecule has 8 nitrogen and oxygen atoms in total. The maximum Gasteiger partial charge on any atom is 0.265 e. The molecule has 3 aromatic rings. The van der Waals surface area contributed by atoms with Crippen LogP contribution in [0.5, 0.6) is 0 Å². The maximum absolute atomic E-state index is 12.9. The molecular formula is C20H24N4O4S2. The quantitative estimate of drug-likeness (QED) is 0.625. The van der Waals surface area contributed by atoms with Crippen LogP contribution in [0.15, 0.2) is 40.0 Å². The molecule has 1 N–H and O–H groups in total. The normalized spacial score (nSPS) is 14.9. The average molecular weight is 449 g/mol. The largest absolute Gasteiger partial charge is 0.468 e. The summed E-state index contributed by atoms with van der Waals surface area (Å²) in [6.07, 6.45) is 6.26. The van der Waals surface area contributed by atoms with Crippen molar-refractivity contribution in [3.63, 3.8) is 0 Å². The van der Waals surface area contributed by atoms with Gasteiger partial charge < -0.3 is 13.9 Å². The van der Waals surface area contributed by atoms with Crippen molar-refractivity contribution in [3.8, 4) is 10.7 Å². The molecule has 0 aliphatic carbocycles. The summed E-state index contributed by atoms with van der Waals surface area (Å²) in [6, 6.07) is 4.99. The molecule has 30 heavy (non-hydrogen) atoms. The Labute approximate surface area is 179 Å². The number of thiazole rings is 1. The molecule has 3 aromatic heterocycles. The predicted octanol–water partition coefficient (Wildman–Crippen LogP) is 3.15. The molecule has 1 aliphatic rings. The van der Waals surface area contributed by atoms with Gasteiger partial charge in [-0.25, -0.2) is 18.1 Å². The van der Waals surface area contributed by atoms with Gasteiger partial charge in [-0.05, 0) is 44.4 Å². The van der Waals surface area contributed by atoms with Crippen molar-refractivity contribution in [1.29, 1.82) is 0 Å². The van der Waals surface area contributed by atoms with Crippen LogP contribution in [0.2, 0.25) is 0 Å². The van der Waals surface area contributed by atoms with Gasteiger partial charge >= 0.3 is 0 Å². The van der Waals surface area contributed by atoms with Gasteiger partial charge in [0.1, 0.15) is 20.5 Å². The fourth-order valence-corrected chi connectivity index (χ4v) is 5.66. The van der Waals surface area contributed by atoms with Crippen molar-refractivity contribution in [2.24, 2.45) is 7.05 Å². The number of furan rings is 1. The number of sulfonamides is 1. The molecule has 10 heteroatoms. The summed E-state index contributed by atoms with van der Waals surface area (Å²) in [5.74, 6) is 0.546. The Bertz CT molecular complexity index is 1140. The number of amides is 1. The Balaban J connectivity index is 1.56. The lowest BCUT2D eigenvalue weighted by atomic mass is 10.1. The van der Waals surface area contributed by atoms with E-state index in [0.29, 0.717) is 27.0 Å². The highest BCUT2D eigenvalue weighted by atomic mass is 32.2. The number of carbonyl (C=O) groups is 1. The van der Waals surface area contributed by atoms with Crippen LogP contribution in [0.25, 0.3) is 10.7 Å². The van der Waals surface area contributed by atoms with Gasteiger partial charge in [0.05, 0.1) is 24.2 Å². The fraction of sp³-hybridized carbons (Fsp3) is 0.400. The second-order valence-electron chi connectivity index (χ2n) is 7.36. The number of nitrogens with zero attached hydrogens (tertiary/aromatic N) is 3. The van der Waals surface area contributed by atoms with E-state index in [9.17, 15) is 13.2 Å². The van der Waals surface area contributed by atoms with Gasteiger partial charge in [0.15, 0.2) is 0 Å². The van der Waals surface area contributed by atoms with Crippen molar-refractivity contribution in [3.05, 3.63) is 47.0 Å². The highest BCUT2D eigenvalue weighted by Gasteiger charge is 2.25. The van der Waals surface area contributed by atoms with Crippen LogP contribution in [-0.4, -0.2) is 41.9 Å². The van der Waals surface area contributed by atoms with Crippen molar-refractivity contribution < 1.29 is 17.6 Å². The first-order chi connectivity index (χ1) is 14.3. The lowest BCUT2D eigenvalue weighted by Crippen LogP contribution is -2.35. The Morgan fingerprint density at radius 3 is 2.77 bits per heavy atom. The van der Waals surface area contributed by atoms with Gasteiger partial charge in [0.2, 0.25) is 10.0 Å². The van der Waals surface area contributed by atoms with Crippen molar-refractivity contribution in [1.82, 2.24) is 19.2 Å². The van der Waals surface area contributed by atoms with Gasteiger partial charge in [-0.15, -0.1) is 11.3 Å². The zero-order valence-corrected chi connectivity index (χ0v) is 18.6. The Hall–Kier alpha value is -2.43. The van der Waals surface area contributed by atoms with Gasteiger partial charge in [-0.3, -0.25) is 4.79 Å². The molecule has 0 atom stereocenters. The molecule has 0 radical (unpaired) electrons. The summed E-state index contributed by atoms with van der Waals surface area (Å²) in [7, 11) is -1.94. The molecule has 0 spiro atoms. The van der Waals surface area contributed by atoms with E-state index in [1.165, 1.54) is 17.6 Å². The number of likely N-dealkylation sites (tertiary alicyclic amines) is 1. The summed E-state index contributed by atoms with van der Waals surface area (Å²) in [5, 5.41) is 0.628. The molecular weight excluding hydrogens is 424 g/mol. The summed E-state index contributed by atoms with van der Waals surface area (Å²) < 4.78 is 34.8. The molecule has 1 amide bonds. The van der Waals surface area contributed by atoms with Crippen LogP contribution < -0.4 is 4.72 Å². The van der Waals surface area contributed by atoms with Gasteiger partial charge in [0, 0.05) is 26.3 Å². The predicted molar refractivity (Wildman–Crippen MR) is 114 cm³/mol. The van der Waals surface area contributed by atoms with E-state index >= 15 is 0 Å². The van der Waals surface area contributed by atoms with Crippen LogP contribution in [0.1, 0.15) is 40.4 Å². The number of aromatic nitrogens is 2. The van der Waals surface area contributed by atoms with Crippen LogP contribution >= 0.6 is 11.3 Å². The van der Waals surface area contributed by atoms with E-state index in [0.717, 1.165) is 32.4 Å². The SMILES string of the molecule is Cc1nc(-c2cc(S(=O)(=O)NCc3ccco3)cn2C)sc1C(=O)N1CCCCC1. The molecule has 4 rings (SSSR count). The number of nitrogens with one attached hydrogen (secondary N) is 1. The van der Waals surface area contributed by atoms with E-state index < -0.39 is 10.0 Å². The third kappa shape index (κ3) is 4.21. The highest BCUT2D eigenvalue weighted by molar-refractivity contribution is 7.89.